The fourth-order valence-corrected chi connectivity index (χ4v) is 3.38. The predicted molar refractivity (Wildman–Crippen MR) is 99.7 cm³/mol. The van der Waals surface area contributed by atoms with Crippen LogP contribution in [-0.4, -0.2) is 34.2 Å². The Morgan fingerprint density at radius 2 is 1.64 bits per heavy atom. The number of carbonyl (C=O) groups excluding carboxylic acids is 1. The minimum atomic E-state index is -3.61. The van der Waals surface area contributed by atoms with Gasteiger partial charge in [0.1, 0.15) is 12.3 Å². The van der Waals surface area contributed by atoms with Gasteiger partial charge in [-0.25, -0.2) is 8.42 Å². The van der Waals surface area contributed by atoms with E-state index in [2.05, 4.69) is 5.32 Å². The molecule has 1 amide bonds. The summed E-state index contributed by atoms with van der Waals surface area (Å²) in [5, 5.41) is 2.75. The zero-order valence-electron chi connectivity index (χ0n) is 14.7. The second kappa shape index (κ2) is 7.57. The van der Waals surface area contributed by atoms with Gasteiger partial charge in [0.2, 0.25) is 15.9 Å². The first-order chi connectivity index (χ1) is 11.7. The summed E-state index contributed by atoms with van der Waals surface area (Å²) in [5.41, 5.74) is 3.08. The molecule has 2 rings (SSSR count). The van der Waals surface area contributed by atoms with Gasteiger partial charge in [0.05, 0.1) is 19.1 Å². The molecule has 0 unspecified atom stereocenters. The molecule has 0 heterocycles. The number of carbonyl (C=O) groups is 1. The van der Waals surface area contributed by atoms with Crippen LogP contribution in [0.25, 0.3) is 0 Å². The standard InChI is InChI=1S/C18H22N2O4S/c1-13-9-14(2)11-15(10-13)19-18(21)12-20(25(4,22)23)16-5-7-17(24-3)8-6-16/h5-11H,12H2,1-4H3,(H,19,21). The highest BCUT2D eigenvalue weighted by Crippen LogP contribution is 2.21. The Labute approximate surface area is 148 Å². The van der Waals surface area contributed by atoms with Crippen LogP contribution in [0.1, 0.15) is 11.1 Å². The Morgan fingerprint density at radius 3 is 2.12 bits per heavy atom. The summed E-state index contributed by atoms with van der Waals surface area (Å²) in [6.45, 7) is 3.56. The maximum atomic E-state index is 12.3. The number of rotatable bonds is 6. The van der Waals surface area contributed by atoms with E-state index in [1.54, 1.807) is 24.3 Å². The van der Waals surface area contributed by atoms with E-state index < -0.39 is 15.9 Å². The maximum Gasteiger partial charge on any atom is 0.245 e. The summed E-state index contributed by atoms with van der Waals surface area (Å²) in [5.74, 6) is 0.197. The zero-order chi connectivity index (χ0) is 18.6. The number of methoxy groups -OCH3 is 1. The Kier molecular flexibility index (Phi) is 5.69. The Bertz CT molecular complexity index is 841. The van der Waals surface area contributed by atoms with Gasteiger partial charge in [-0.2, -0.15) is 0 Å². The van der Waals surface area contributed by atoms with E-state index in [0.29, 0.717) is 17.1 Å². The molecule has 1 N–H and O–H groups in total. The van der Waals surface area contributed by atoms with E-state index >= 15 is 0 Å². The smallest absolute Gasteiger partial charge is 0.245 e. The first-order valence-electron chi connectivity index (χ1n) is 7.69. The van der Waals surface area contributed by atoms with Crippen molar-refractivity contribution < 1.29 is 17.9 Å². The molecule has 0 bridgehead atoms. The quantitative estimate of drug-likeness (QED) is 0.857. The fourth-order valence-electron chi connectivity index (χ4n) is 2.53. The van der Waals surface area contributed by atoms with Gasteiger partial charge in [-0.15, -0.1) is 0 Å². The average molecular weight is 362 g/mol. The predicted octanol–water partition coefficient (Wildman–Crippen LogP) is 2.72. The van der Waals surface area contributed by atoms with Crippen LogP contribution in [0.15, 0.2) is 42.5 Å². The number of aryl methyl sites for hydroxylation is 2. The summed E-state index contributed by atoms with van der Waals surface area (Å²) in [6, 6.07) is 12.2. The normalized spacial score (nSPS) is 11.0. The van der Waals surface area contributed by atoms with Gasteiger partial charge in [-0.3, -0.25) is 9.10 Å². The lowest BCUT2D eigenvalue weighted by atomic mass is 10.1. The van der Waals surface area contributed by atoms with Crippen molar-refractivity contribution in [3.63, 3.8) is 0 Å². The van der Waals surface area contributed by atoms with Gasteiger partial charge in [0.15, 0.2) is 0 Å². The number of hydrogen-bond acceptors (Lipinski definition) is 4. The molecule has 0 saturated carbocycles. The SMILES string of the molecule is COc1ccc(N(CC(=O)Nc2cc(C)cc(C)c2)S(C)(=O)=O)cc1. The molecule has 0 fully saturated rings. The third-order valence-corrected chi connectivity index (χ3v) is 4.69. The van der Waals surface area contributed by atoms with E-state index in [-0.39, 0.29) is 6.54 Å². The molecule has 0 aliphatic rings. The molecule has 0 aliphatic heterocycles. The molecular weight excluding hydrogens is 340 g/mol. The molecule has 7 heteroatoms. The second-order valence-electron chi connectivity index (χ2n) is 5.89. The summed E-state index contributed by atoms with van der Waals surface area (Å²) in [7, 11) is -2.08. The first kappa shape index (κ1) is 18.8. The van der Waals surface area contributed by atoms with E-state index in [1.807, 2.05) is 32.0 Å². The van der Waals surface area contributed by atoms with Crippen molar-refractivity contribution >= 4 is 27.3 Å². The maximum absolute atomic E-state index is 12.3. The third kappa shape index (κ3) is 5.22. The highest BCUT2D eigenvalue weighted by molar-refractivity contribution is 7.92. The Balaban J connectivity index is 2.20. The number of nitrogens with zero attached hydrogens (tertiary/aromatic N) is 1. The molecule has 0 saturated heterocycles. The fraction of sp³-hybridized carbons (Fsp3) is 0.278. The summed E-state index contributed by atoms with van der Waals surface area (Å²) in [4.78, 5) is 12.3. The van der Waals surface area contributed by atoms with Crippen molar-refractivity contribution in [3.05, 3.63) is 53.6 Å². The van der Waals surface area contributed by atoms with E-state index in [1.165, 1.54) is 7.11 Å². The monoisotopic (exact) mass is 362 g/mol. The van der Waals surface area contributed by atoms with Crippen molar-refractivity contribution in [3.8, 4) is 5.75 Å². The van der Waals surface area contributed by atoms with Crippen LogP contribution in [-0.2, 0) is 14.8 Å². The van der Waals surface area contributed by atoms with Crippen LogP contribution in [0.3, 0.4) is 0 Å². The number of ether oxygens (including phenoxy) is 1. The lowest BCUT2D eigenvalue weighted by Crippen LogP contribution is -2.37. The highest BCUT2D eigenvalue weighted by atomic mass is 32.2. The van der Waals surface area contributed by atoms with Gasteiger partial charge in [-0.05, 0) is 61.4 Å². The molecular formula is C18H22N2O4S. The molecule has 6 nitrogen and oxygen atoms in total. The van der Waals surface area contributed by atoms with Gasteiger partial charge in [0, 0.05) is 5.69 Å². The number of sulfonamides is 1. The van der Waals surface area contributed by atoms with Crippen LogP contribution in [0.2, 0.25) is 0 Å². The molecule has 134 valence electrons. The lowest BCUT2D eigenvalue weighted by molar-refractivity contribution is -0.114. The summed E-state index contributed by atoms with van der Waals surface area (Å²) >= 11 is 0. The van der Waals surface area contributed by atoms with Gasteiger partial charge in [0.25, 0.3) is 0 Å². The summed E-state index contributed by atoms with van der Waals surface area (Å²) < 4.78 is 30.3. The van der Waals surface area contributed by atoms with Crippen LogP contribution < -0.4 is 14.4 Å². The molecule has 0 aromatic heterocycles. The number of amides is 1. The lowest BCUT2D eigenvalue weighted by Gasteiger charge is -2.22. The topological polar surface area (TPSA) is 75.7 Å². The van der Waals surface area contributed by atoms with Crippen molar-refractivity contribution in [2.75, 3.05) is 29.5 Å². The minimum Gasteiger partial charge on any atom is -0.497 e. The molecule has 0 radical (unpaired) electrons. The first-order valence-corrected chi connectivity index (χ1v) is 9.54. The third-order valence-electron chi connectivity index (χ3n) is 3.55. The molecule has 0 aliphatic carbocycles. The van der Waals surface area contributed by atoms with Crippen molar-refractivity contribution in [2.24, 2.45) is 0 Å². The minimum absolute atomic E-state index is 0.307. The van der Waals surface area contributed by atoms with Crippen molar-refractivity contribution in [1.82, 2.24) is 0 Å². The molecule has 0 atom stereocenters. The van der Waals surface area contributed by atoms with E-state index in [0.717, 1.165) is 21.7 Å². The largest absolute Gasteiger partial charge is 0.497 e. The van der Waals surface area contributed by atoms with Gasteiger partial charge in [-0.1, -0.05) is 6.07 Å². The number of nitrogens with one attached hydrogen (secondary N) is 1. The van der Waals surface area contributed by atoms with Crippen LogP contribution in [0.5, 0.6) is 5.75 Å². The Morgan fingerprint density at radius 1 is 1.08 bits per heavy atom. The van der Waals surface area contributed by atoms with Crippen LogP contribution >= 0.6 is 0 Å². The molecule has 2 aromatic rings. The van der Waals surface area contributed by atoms with E-state index in [4.69, 9.17) is 4.74 Å². The highest BCUT2D eigenvalue weighted by Gasteiger charge is 2.21. The average Bonchev–Trinajstić information content (AvgIpc) is 2.50. The number of hydrogen-bond donors (Lipinski definition) is 1. The summed E-state index contributed by atoms with van der Waals surface area (Å²) in [6.07, 6.45) is 1.07. The van der Waals surface area contributed by atoms with Crippen LogP contribution in [0.4, 0.5) is 11.4 Å². The van der Waals surface area contributed by atoms with Gasteiger partial charge < -0.3 is 10.1 Å². The van der Waals surface area contributed by atoms with Crippen LogP contribution in [0, 0.1) is 13.8 Å². The second-order valence-corrected chi connectivity index (χ2v) is 7.80. The molecule has 2 aromatic carbocycles. The zero-order valence-corrected chi connectivity index (χ0v) is 15.6. The van der Waals surface area contributed by atoms with Crippen molar-refractivity contribution in [2.45, 2.75) is 13.8 Å². The number of anilines is 2. The van der Waals surface area contributed by atoms with Gasteiger partial charge >= 0.3 is 0 Å². The van der Waals surface area contributed by atoms with E-state index in [9.17, 15) is 13.2 Å². The van der Waals surface area contributed by atoms with Crippen molar-refractivity contribution in [1.29, 1.82) is 0 Å². The Hall–Kier alpha value is -2.54. The molecule has 25 heavy (non-hydrogen) atoms. The number of benzene rings is 2. The molecule has 0 spiro atoms.